The van der Waals surface area contributed by atoms with Crippen LogP contribution in [0.15, 0.2) is 24.3 Å². The van der Waals surface area contributed by atoms with Crippen molar-refractivity contribution in [3.05, 3.63) is 24.3 Å². The molecule has 7 heteroatoms. The molecule has 0 N–H and O–H groups in total. The molecule has 0 aliphatic heterocycles. The molecule has 1 heterocycles. The fourth-order valence-electron chi connectivity index (χ4n) is 2.19. The lowest BCUT2D eigenvalue weighted by molar-refractivity contribution is -0.131. The number of amides is 1. The molecule has 1 aromatic carbocycles. The number of aromatic nitrogens is 4. The lowest BCUT2D eigenvalue weighted by Crippen LogP contribution is -2.34. The van der Waals surface area contributed by atoms with E-state index in [0.717, 1.165) is 11.3 Å². The third-order valence-corrected chi connectivity index (χ3v) is 3.54. The number of hydrogen-bond donors (Lipinski definition) is 0. The van der Waals surface area contributed by atoms with Gasteiger partial charge in [-0.25, -0.2) is 0 Å². The highest BCUT2D eigenvalue weighted by molar-refractivity contribution is 5.75. The van der Waals surface area contributed by atoms with Crippen LogP contribution in [0.2, 0.25) is 0 Å². The summed E-state index contributed by atoms with van der Waals surface area (Å²) in [5, 5.41) is 12.3. The Morgan fingerprint density at radius 3 is 2.46 bits per heavy atom. The second-order valence-electron chi connectivity index (χ2n) is 5.94. The second-order valence-corrected chi connectivity index (χ2v) is 5.94. The molecule has 7 nitrogen and oxygen atoms in total. The first-order valence-corrected chi connectivity index (χ1v) is 8.32. The van der Waals surface area contributed by atoms with Crippen molar-refractivity contribution in [1.82, 2.24) is 25.1 Å². The molecule has 0 aliphatic rings. The van der Waals surface area contributed by atoms with Crippen LogP contribution in [0, 0.1) is 5.92 Å². The van der Waals surface area contributed by atoms with Gasteiger partial charge in [0.25, 0.3) is 0 Å². The molecule has 0 saturated heterocycles. The number of tetrazole rings is 1. The lowest BCUT2D eigenvalue weighted by atomic mass is 10.2. The van der Waals surface area contributed by atoms with E-state index < -0.39 is 0 Å². The minimum atomic E-state index is -0.0126. The Balaban J connectivity index is 2.01. The van der Waals surface area contributed by atoms with Crippen molar-refractivity contribution in [2.24, 2.45) is 5.92 Å². The SMILES string of the molecule is CCN(CC)C(=O)Cn1nnc(-c2ccc(OCC(C)C)cc2)n1. The summed E-state index contributed by atoms with van der Waals surface area (Å²) < 4.78 is 5.66. The molecule has 2 rings (SSSR count). The van der Waals surface area contributed by atoms with Crippen LogP contribution in [0.3, 0.4) is 0 Å². The van der Waals surface area contributed by atoms with Crippen molar-refractivity contribution in [2.75, 3.05) is 19.7 Å². The lowest BCUT2D eigenvalue weighted by Gasteiger charge is -2.17. The summed E-state index contributed by atoms with van der Waals surface area (Å²) in [5.74, 6) is 1.78. The highest BCUT2D eigenvalue weighted by atomic mass is 16.5. The van der Waals surface area contributed by atoms with Gasteiger partial charge in [0.1, 0.15) is 12.3 Å². The first-order chi connectivity index (χ1) is 11.5. The van der Waals surface area contributed by atoms with Gasteiger partial charge in [-0.3, -0.25) is 4.79 Å². The number of ether oxygens (including phenoxy) is 1. The van der Waals surface area contributed by atoms with Gasteiger partial charge in [-0.2, -0.15) is 4.80 Å². The van der Waals surface area contributed by atoms with Crippen LogP contribution in [0.4, 0.5) is 0 Å². The maximum atomic E-state index is 12.1. The van der Waals surface area contributed by atoms with Gasteiger partial charge in [0, 0.05) is 18.7 Å². The summed E-state index contributed by atoms with van der Waals surface area (Å²) in [6, 6.07) is 7.56. The van der Waals surface area contributed by atoms with Crippen molar-refractivity contribution < 1.29 is 9.53 Å². The summed E-state index contributed by atoms with van der Waals surface area (Å²) in [7, 11) is 0. The maximum Gasteiger partial charge on any atom is 0.246 e. The van der Waals surface area contributed by atoms with Gasteiger partial charge < -0.3 is 9.64 Å². The topological polar surface area (TPSA) is 73.1 Å². The number of carbonyl (C=O) groups excluding carboxylic acids is 1. The maximum absolute atomic E-state index is 12.1. The average Bonchev–Trinajstić information content (AvgIpc) is 3.03. The largest absolute Gasteiger partial charge is 0.493 e. The molecule has 0 bridgehead atoms. The van der Waals surface area contributed by atoms with E-state index in [1.165, 1.54) is 4.80 Å². The van der Waals surface area contributed by atoms with E-state index in [-0.39, 0.29) is 12.5 Å². The van der Waals surface area contributed by atoms with Gasteiger partial charge >= 0.3 is 0 Å². The minimum Gasteiger partial charge on any atom is -0.493 e. The van der Waals surface area contributed by atoms with E-state index >= 15 is 0 Å². The highest BCUT2D eigenvalue weighted by Crippen LogP contribution is 2.19. The van der Waals surface area contributed by atoms with E-state index in [9.17, 15) is 4.79 Å². The Kier molecular flexibility index (Phi) is 6.28. The second kappa shape index (κ2) is 8.42. The number of nitrogens with zero attached hydrogens (tertiary/aromatic N) is 5. The molecule has 0 unspecified atom stereocenters. The molecule has 130 valence electrons. The Bertz CT molecular complexity index is 647. The van der Waals surface area contributed by atoms with E-state index in [0.29, 0.717) is 31.4 Å². The number of rotatable bonds is 8. The predicted molar refractivity (Wildman–Crippen MR) is 91.5 cm³/mol. The van der Waals surface area contributed by atoms with E-state index in [4.69, 9.17) is 4.74 Å². The monoisotopic (exact) mass is 331 g/mol. The quantitative estimate of drug-likeness (QED) is 0.742. The van der Waals surface area contributed by atoms with Crippen molar-refractivity contribution in [2.45, 2.75) is 34.2 Å². The number of hydrogen-bond acceptors (Lipinski definition) is 5. The summed E-state index contributed by atoms with van der Waals surface area (Å²) in [6.45, 7) is 10.2. The summed E-state index contributed by atoms with van der Waals surface area (Å²) in [6.07, 6.45) is 0. The third kappa shape index (κ3) is 4.78. The van der Waals surface area contributed by atoms with Crippen LogP contribution < -0.4 is 4.74 Å². The Hall–Kier alpha value is -2.44. The summed E-state index contributed by atoms with van der Waals surface area (Å²) >= 11 is 0. The fourth-order valence-corrected chi connectivity index (χ4v) is 2.19. The Morgan fingerprint density at radius 2 is 1.88 bits per heavy atom. The molecule has 0 fully saturated rings. The number of benzene rings is 1. The molecular formula is C17H25N5O2. The third-order valence-electron chi connectivity index (χ3n) is 3.54. The molecule has 0 atom stereocenters. The molecule has 2 aromatic rings. The van der Waals surface area contributed by atoms with Crippen molar-refractivity contribution in [3.8, 4) is 17.1 Å². The number of carbonyl (C=O) groups is 1. The van der Waals surface area contributed by atoms with Crippen molar-refractivity contribution in [3.63, 3.8) is 0 Å². The molecule has 24 heavy (non-hydrogen) atoms. The zero-order chi connectivity index (χ0) is 17.5. The van der Waals surface area contributed by atoms with Crippen LogP contribution in [0.25, 0.3) is 11.4 Å². The first-order valence-electron chi connectivity index (χ1n) is 8.32. The Labute approximate surface area is 142 Å². The zero-order valence-corrected chi connectivity index (χ0v) is 14.8. The molecule has 0 saturated carbocycles. The van der Waals surface area contributed by atoms with Gasteiger partial charge in [0.15, 0.2) is 0 Å². The predicted octanol–water partition coefficient (Wildman–Crippen LogP) is 2.24. The van der Waals surface area contributed by atoms with Gasteiger partial charge in [-0.1, -0.05) is 13.8 Å². The molecule has 0 spiro atoms. The normalized spacial score (nSPS) is 10.9. The number of likely N-dealkylation sites (N-methyl/N-ethyl adjacent to an activating group) is 1. The molecule has 0 aliphatic carbocycles. The van der Waals surface area contributed by atoms with Crippen molar-refractivity contribution in [1.29, 1.82) is 0 Å². The zero-order valence-electron chi connectivity index (χ0n) is 14.8. The van der Waals surface area contributed by atoms with Gasteiger partial charge in [0.05, 0.1) is 6.61 Å². The smallest absolute Gasteiger partial charge is 0.246 e. The van der Waals surface area contributed by atoms with Crippen LogP contribution in [0.5, 0.6) is 5.75 Å². The molecule has 0 radical (unpaired) electrons. The highest BCUT2D eigenvalue weighted by Gasteiger charge is 2.13. The van der Waals surface area contributed by atoms with Crippen LogP contribution in [-0.4, -0.2) is 50.7 Å². The molecule has 1 amide bonds. The fraction of sp³-hybridized carbons (Fsp3) is 0.529. The molecule has 1 aromatic heterocycles. The van der Waals surface area contributed by atoms with Crippen molar-refractivity contribution >= 4 is 5.91 Å². The van der Waals surface area contributed by atoms with E-state index in [1.807, 2.05) is 38.1 Å². The summed E-state index contributed by atoms with van der Waals surface area (Å²) in [5.41, 5.74) is 0.841. The first kappa shape index (κ1) is 17.9. The standard InChI is InChI=1S/C17H25N5O2/c1-5-21(6-2)16(23)11-22-19-17(18-20-22)14-7-9-15(10-8-14)24-12-13(3)4/h7-10,13H,5-6,11-12H2,1-4H3. The molecular weight excluding hydrogens is 306 g/mol. The van der Waals surface area contributed by atoms with E-state index in [1.54, 1.807) is 4.90 Å². The van der Waals surface area contributed by atoms with Gasteiger partial charge in [-0.05, 0) is 49.2 Å². The van der Waals surface area contributed by atoms with Crippen LogP contribution in [-0.2, 0) is 11.3 Å². The summed E-state index contributed by atoms with van der Waals surface area (Å²) in [4.78, 5) is 15.1. The average molecular weight is 331 g/mol. The Morgan fingerprint density at radius 1 is 1.21 bits per heavy atom. The van der Waals surface area contributed by atoms with Crippen LogP contribution in [0.1, 0.15) is 27.7 Å². The minimum absolute atomic E-state index is 0.0126. The van der Waals surface area contributed by atoms with Crippen LogP contribution >= 0.6 is 0 Å². The van der Waals surface area contributed by atoms with Gasteiger partial charge in [-0.15, -0.1) is 10.2 Å². The van der Waals surface area contributed by atoms with Gasteiger partial charge in [0.2, 0.25) is 11.7 Å². The van der Waals surface area contributed by atoms with E-state index in [2.05, 4.69) is 29.3 Å².